The van der Waals surface area contributed by atoms with Gasteiger partial charge in [0.25, 0.3) is 0 Å². The molecular formula is C10H16S. The maximum Gasteiger partial charge on any atom is 0.0238 e. The molecule has 0 nitrogen and oxygen atoms in total. The van der Waals surface area contributed by atoms with E-state index in [0.29, 0.717) is 5.25 Å². The van der Waals surface area contributed by atoms with Crippen LogP contribution in [-0.2, 0) is 0 Å². The minimum atomic E-state index is 0.353. The Bertz CT molecular complexity index is 167. The molecule has 0 N–H and O–H groups in total. The largest absolute Gasteiger partial charge is 0.171 e. The SMILES string of the molecule is CC.CC(S)c1ccccc1. The van der Waals surface area contributed by atoms with Crippen molar-refractivity contribution in [3.63, 3.8) is 0 Å². The van der Waals surface area contributed by atoms with Crippen molar-refractivity contribution >= 4 is 12.6 Å². The average molecular weight is 168 g/mol. The van der Waals surface area contributed by atoms with E-state index in [4.69, 9.17) is 0 Å². The van der Waals surface area contributed by atoms with Gasteiger partial charge in [0.15, 0.2) is 0 Å². The standard InChI is InChI=1S/C8H10S.C2H6/c1-7(9)8-5-3-2-4-6-8;1-2/h2-7,9H,1H3;1-2H3. The summed E-state index contributed by atoms with van der Waals surface area (Å²) in [6, 6.07) is 10.2. The molecule has 0 spiro atoms. The second-order valence-corrected chi connectivity index (χ2v) is 2.86. The Morgan fingerprint density at radius 1 is 1.09 bits per heavy atom. The van der Waals surface area contributed by atoms with E-state index < -0.39 is 0 Å². The van der Waals surface area contributed by atoms with Gasteiger partial charge >= 0.3 is 0 Å². The first kappa shape index (κ1) is 10.6. The first-order chi connectivity index (χ1) is 5.30. The predicted octanol–water partition coefficient (Wildman–Crippen LogP) is 3.70. The molecule has 1 aromatic rings. The molecule has 0 saturated heterocycles. The summed E-state index contributed by atoms with van der Waals surface area (Å²) in [5, 5.41) is 0.353. The summed E-state index contributed by atoms with van der Waals surface area (Å²) >= 11 is 4.29. The van der Waals surface area contributed by atoms with Crippen LogP contribution in [0.4, 0.5) is 0 Å². The second-order valence-electron chi connectivity index (χ2n) is 2.09. The van der Waals surface area contributed by atoms with Crippen molar-refractivity contribution in [3.8, 4) is 0 Å². The lowest BCUT2D eigenvalue weighted by atomic mass is 10.2. The molecule has 0 heterocycles. The van der Waals surface area contributed by atoms with E-state index in [0.717, 1.165) is 0 Å². The molecule has 1 atom stereocenters. The second kappa shape index (κ2) is 6.29. The molecule has 0 saturated carbocycles. The van der Waals surface area contributed by atoms with Gasteiger partial charge in [-0.3, -0.25) is 0 Å². The van der Waals surface area contributed by atoms with Crippen LogP contribution in [0.25, 0.3) is 0 Å². The lowest BCUT2D eigenvalue weighted by molar-refractivity contribution is 1.11. The van der Waals surface area contributed by atoms with Gasteiger partial charge in [-0.15, -0.1) is 0 Å². The van der Waals surface area contributed by atoms with Crippen molar-refractivity contribution in [1.82, 2.24) is 0 Å². The average Bonchev–Trinajstić information content (AvgIpc) is 2.10. The maximum atomic E-state index is 4.29. The van der Waals surface area contributed by atoms with Gasteiger partial charge in [-0.1, -0.05) is 44.2 Å². The van der Waals surface area contributed by atoms with E-state index in [1.165, 1.54) is 5.56 Å². The van der Waals surface area contributed by atoms with Crippen LogP contribution in [0.5, 0.6) is 0 Å². The molecule has 0 aromatic heterocycles. The van der Waals surface area contributed by atoms with Gasteiger partial charge in [-0.05, 0) is 12.5 Å². The Balaban J connectivity index is 0.000000461. The fourth-order valence-electron chi connectivity index (χ4n) is 0.732. The highest BCUT2D eigenvalue weighted by Gasteiger charge is 1.94. The van der Waals surface area contributed by atoms with Crippen LogP contribution in [0.15, 0.2) is 30.3 Å². The number of thiol groups is 1. The zero-order valence-electron chi connectivity index (χ0n) is 7.41. The van der Waals surface area contributed by atoms with Gasteiger partial charge in [0.2, 0.25) is 0 Å². The zero-order chi connectivity index (χ0) is 8.69. The minimum Gasteiger partial charge on any atom is -0.171 e. The highest BCUT2D eigenvalue weighted by molar-refractivity contribution is 7.80. The molecule has 0 aliphatic rings. The number of hydrogen-bond donors (Lipinski definition) is 1. The lowest BCUT2D eigenvalue weighted by Gasteiger charge is -2.00. The van der Waals surface area contributed by atoms with Gasteiger partial charge < -0.3 is 0 Å². The molecule has 0 bridgehead atoms. The first-order valence-corrected chi connectivity index (χ1v) is 4.55. The highest BCUT2D eigenvalue weighted by Crippen LogP contribution is 2.16. The third-order valence-electron chi connectivity index (χ3n) is 1.28. The molecule has 1 aromatic carbocycles. The summed E-state index contributed by atoms with van der Waals surface area (Å²) in [4.78, 5) is 0. The van der Waals surface area contributed by atoms with Crippen LogP contribution in [0.2, 0.25) is 0 Å². The molecule has 62 valence electrons. The summed E-state index contributed by atoms with van der Waals surface area (Å²) in [5.41, 5.74) is 1.28. The van der Waals surface area contributed by atoms with Gasteiger partial charge in [0.05, 0.1) is 0 Å². The molecule has 0 aliphatic carbocycles. The van der Waals surface area contributed by atoms with Crippen LogP contribution in [0, 0.1) is 0 Å². The van der Waals surface area contributed by atoms with E-state index in [-0.39, 0.29) is 0 Å². The van der Waals surface area contributed by atoms with Crippen LogP contribution >= 0.6 is 12.6 Å². The van der Waals surface area contributed by atoms with Crippen LogP contribution in [-0.4, -0.2) is 0 Å². The smallest absolute Gasteiger partial charge is 0.0238 e. The van der Waals surface area contributed by atoms with E-state index in [9.17, 15) is 0 Å². The third kappa shape index (κ3) is 4.10. The molecule has 0 radical (unpaired) electrons. The Morgan fingerprint density at radius 3 is 1.82 bits per heavy atom. The molecule has 0 amide bonds. The van der Waals surface area contributed by atoms with Crippen LogP contribution in [0.1, 0.15) is 31.6 Å². The molecule has 1 rings (SSSR count). The summed E-state index contributed by atoms with van der Waals surface area (Å²) in [6.45, 7) is 6.07. The minimum absolute atomic E-state index is 0.353. The summed E-state index contributed by atoms with van der Waals surface area (Å²) in [7, 11) is 0. The first-order valence-electron chi connectivity index (χ1n) is 4.03. The quantitative estimate of drug-likeness (QED) is 0.607. The van der Waals surface area contributed by atoms with Crippen molar-refractivity contribution in [1.29, 1.82) is 0 Å². The molecular weight excluding hydrogens is 152 g/mol. The molecule has 0 fully saturated rings. The summed E-state index contributed by atoms with van der Waals surface area (Å²) < 4.78 is 0. The highest BCUT2D eigenvalue weighted by atomic mass is 32.1. The Labute approximate surface area is 75.1 Å². The molecule has 1 heteroatoms. The summed E-state index contributed by atoms with van der Waals surface area (Å²) in [5.74, 6) is 0. The fourth-order valence-corrected chi connectivity index (χ4v) is 0.904. The van der Waals surface area contributed by atoms with E-state index >= 15 is 0 Å². The Kier molecular flexibility index (Phi) is 6.05. The molecule has 0 aliphatic heterocycles. The topological polar surface area (TPSA) is 0 Å². The number of benzene rings is 1. The van der Waals surface area contributed by atoms with Gasteiger partial charge in [0.1, 0.15) is 0 Å². The fraction of sp³-hybridized carbons (Fsp3) is 0.400. The molecule has 11 heavy (non-hydrogen) atoms. The van der Waals surface area contributed by atoms with Gasteiger partial charge in [-0.2, -0.15) is 12.6 Å². The normalized spacial score (nSPS) is 11.3. The van der Waals surface area contributed by atoms with Gasteiger partial charge in [0, 0.05) is 5.25 Å². The monoisotopic (exact) mass is 168 g/mol. The van der Waals surface area contributed by atoms with E-state index in [1.807, 2.05) is 32.0 Å². The zero-order valence-corrected chi connectivity index (χ0v) is 8.31. The Hall–Kier alpha value is -0.430. The van der Waals surface area contributed by atoms with Crippen molar-refractivity contribution < 1.29 is 0 Å². The maximum absolute atomic E-state index is 4.29. The van der Waals surface area contributed by atoms with Crippen LogP contribution < -0.4 is 0 Å². The van der Waals surface area contributed by atoms with Crippen molar-refractivity contribution in [2.45, 2.75) is 26.0 Å². The summed E-state index contributed by atoms with van der Waals surface area (Å²) in [6.07, 6.45) is 0. The number of rotatable bonds is 1. The van der Waals surface area contributed by atoms with Crippen molar-refractivity contribution in [2.24, 2.45) is 0 Å². The van der Waals surface area contributed by atoms with Crippen molar-refractivity contribution in [2.75, 3.05) is 0 Å². The lowest BCUT2D eigenvalue weighted by Crippen LogP contribution is -1.80. The molecule has 1 unspecified atom stereocenters. The number of hydrogen-bond acceptors (Lipinski definition) is 1. The third-order valence-corrected chi connectivity index (χ3v) is 1.58. The van der Waals surface area contributed by atoms with Crippen molar-refractivity contribution in [3.05, 3.63) is 35.9 Å². The van der Waals surface area contributed by atoms with E-state index in [1.54, 1.807) is 0 Å². The predicted molar refractivity (Wildman–Crippen MR) is 55.2 cm³/mol. The van der Waals surface area contributed by atoms with Gasteiger partial charge in [-0.25, -0.2) is 0 Å². The van der Waals surface area contributed by atoms with E-state index in [2.05, 4.69) is 31.7 Å². The van der Waals surface area contributed by atoms with Crippen LogP contribution in [0.3, 0.4) is 0 Å². The Morgan fingerprint density at radius 2 is 1.55 bits per heavy atom.